The quantitative estimate of drug-likeness (QED) is 0.238. The van der Waals surface area contributed by atoms with E-state index in [0.29, 0.717) is 6.42 Å². The summed E-state index contributed by atoms with van der Waals surface area (Å²) in [6.07, 6.45) is -3.40. The molecule has 0 aliphatic carbocycles. The van der Waals surface area contributed by atoms with E-state index in [1.807, 2.05) is 0 Å². The summed E-state index contributed by atoms with van der Waals surface area (Å²) in [4.78, 5) is 3.89. The lowest BCUT2D eigenvalue weighted by atomic mass is 10.3. The largest absolute Gasteiger partial charge is 0.573 e. The van der Waals surface area contributed by atoms with Gasteiger partial charge in [-0.05, 0) is 18.6 Å². The molecule has 0 fully saturated rings. The zero-order valence-corrected chi connectivity index (χ0v) is 15.8. The summed E-state index contributed by atoms with van der Waals surface area (Å²) < 4.78 is 64.6. The number of ether oxygens (including phenoxy) is 1. The van der Waals surface area contributed by atoms with Crippen molar-refractivity contribution in [1.82, 2.24) is 4.72 Å². The lowest BCUT2D eigenvalue weighted by molar-refractivity contribution is -0.274. The summed E-state index contributed by atoms with van der Waals surface area (Å²) in [5, 5.41) is 2.50. The number of nitrogens with two attached hydrogens (primary N) is 1. The van der Waals surface area contributed by atoms with Gasteiger partial charge in [0.25, 0.3) is 0 Å². The van der Waals surface area contributed by atoms with Crippen molar-refractivity contribution in [3.63, 3.8) is 0 Å². The molecule has 0 radical (unpaired) electrons. The number of nitrogens with zero attached hydrogens (tertiary/aromatic N) is 1. The van der Waals surface area contributed by atoms with Gasteiger partial charge in [-0.3, -0.25) is 4.99 Å². The summed E-state index contributed by atoms with van der Waals surface area (Å²) in [6, 6.07) is 5.39. The predicted molar refractivity (Wildman–Crippen MR) is 96.1 cm³/mol. The molecular weight excluding hydrogens is 464 g/mol. The van der Waals surface area contributed by atoms with Crippen LogP contribution < -0.4 is 20.5 Å². The third-order valence-electron chi connectivity index (χ3n) is 2.36. The minimum Gasteiger partial charge on any atom is -0.404 e. The van der Waals surface area contributed by atoms with E-state index in [4.69, 9.17) is 5.73 Å². The van der Waals surface area contributed by atoms with Gasteiger partial charge in [0, 0.05) is 13.1 Å². The van der Waals surface area contributed by atoms with E-state index in [1.165, 1.54) is 18.2 Å². The second-order valence-electron chi connectivity index (χ2n) is 4.46. The maximum atomic E-state index is 12.3. The lowest BCUT2D eigenvalue weighted by Crippen LogP contribution is -2.26. The Hall–Kier alpha value is -1.28. The summed E-state index contributed by atoms with van der Waals surface area (Å²) in [5.74, 6) is -0.542. The van der Waals surface area contributed by atoms with E-state index in [9.17, 15) is 21.6 Å². The summed E-state index contributed by atoms with van der Waals surface area (Å²) >= 11 is 0. The minimum atomic E-state index is -4.82. The molecule has 4 N–H and O–H groups in total. The van der Waals surface area contributed by atoms with E-state index < -0.39 is 22.1 Å². The number of benzene rings is 1. The SMILES string of the molecule is CS(=O)(=O)NCCCN=C(N)Nc1ccccc1OC(F)(F)F.I. The molecule has 0 spiro atoms. The normalized spacial score (nSPS) is 12.4. The first-order chi connectivity index (χ1) is 10.6. The molecule has 0 bridgehead atoms. The lowest BCUT2D eigenvalue weighted by Gasteiger charge is -2.14. The van der Waals surface area contributed by atoms with Crippen LogP contribution in [0.5, 0.6) is 5.75 Å². The summed E-state index contributed by atoms with van der Waals surface area (Å²) in [7, 11) is -3.26. The van der Waals surface area contributed by atoms with Gasteiger partial charge in [-0.2, -0.15) is 0 Å². The van der Waals surface area contributed by atoms with Crippen LogP contribution in [0.15, 0.2) is 29.3 Å². The van der Waals surface area contributed by atoms with Crippen molar-refractivity contribution in [2.75, 3.05) is 24.7 Å². The molecule has 0 unspecified atom stereocenters. The standard InChI is InChI=1S/C12H17F3N4O3S.HI/c1-23(20,21)18-8-4-7-17-11(16)19-9-5-2-3-6-10(9)22-12(13,14)15;/h2-3,5-6,18H,4,7-8H2,1H3,(H3,16,17,19);1H. The third kappa shape index (κ3) is 10.5. The van der Waals surface area contributed by atoms with Gasteiger partial charge in [-0.25, -0.2) is 13.1 Å². The smallest absolute Gasteiger partial charge is 0.404 e. The average Bonchev–Trinajstić information content (AvgIpc) is 2.37. The van der Waals surface area contributed by atoms with Crippen molar-refractivity contribution >= 4 is 45.6 Å². The van der Waals surface area contributed by atoms with E-state index >= 15 is 0 Å². The molecule has 12 heteroatoms. The molecule has 138 valence electrons. The molecule has 0 atom stereocenters. The Morgan fingerprint density at radius 3 is 2.54 bits per heavy atom. The number of alkyl halides is 3. The number of rotatable bonds is 7. The van der Waals surface area contributed by atoms with Gasteiger partial charge >= 0.3 is 6.36 Å². The molecule has 0 saturated carbocycles. The molecule has 24 heavy (non-hydrogen) atoms. The van der Waals surface area contributed by atoms with E-state index in [2.05, 4.69) is 19.8 Å². The number of hydrogen-bond donors (Lipinski definition) is 3. The van der Waals surface area contributed by atoms with Crippen LogP contribution in [0.3, 0.4) is 0 Å². The van der Waals surface area contributed by atoms with Crippen LogP contribution in [-0.4, -0.2) is 40.1 Å². The third-order valence-corrected chi connectivity index (χ3v) is 3.09. The van der Waals surface area contributed by atoms with Crippen LogP contribution in [0.4, 0.5) is 18.9 Å². The van der Waals surface area contributed by atoms with Crippen LogP contribution >= 0.6 is 24.0 Å². The molecule has 0 saturated heterocycles. The van der Waals surface area contributed by atoms with Gasteiger partial charge in [0.2, 0.25) is 10.0 Å². The van der Waals surface area contributed by atoms with Crippen LogP contribution in [0.2, 0.25) is 0 Å². The molecule has 0 aliphatic rings. The molecule has 0 heterocycles. The Bertz CT molecular complexity index is 653. The second kappa shape index (κ2) is 9.88. The van der Waals surface area contributed by atoms with Crippen molar-refractivity contribution in [3.05, 3.63) is 24.3 Å². The van der Waals surface area contributed by atoms with Crippen molar-refractivity contribution in [2.45, 2.75) is 12.8 Å². The average molecular weight is 482 g/mol. The molecule has 0 aliphatic heterocycles. The second-order valence-corrected chi connectivity index (χ2v) is 6.29. The van der Waals surface area contributed by atoms with Gasteiger partial charge in [0.15, 0.2) is 11.7 Å². The number of guanidine groups is 1. The van der Waals surface area contributed by atoms with E-state index in [0.717, 1.165) is 12.3 Å². The van der Waals surface area contributed by atoms with E-state index in [-0.39, 0.29) is 48.7 Å². The molecule has 7 nitrogen and oxygen atoms in total. The van der Waals surface area contributed by atoms with Crippen LogP contribution in [0.25, 0.3) is 0 Å². The number of hydrogen-bond acceptors (Lipinski definition) is 4. The zero-order valence-electron chi connectivity index (χ0n) is 12.6. The fraction of sp³-hybridized carbons (Fsp3) is 0.417. The van der Waals surface area contributed by atoms with Crippen molar-refractivity contribution < 1.29 is 26.3 Å². The van der Waals surface area contributed by atoms with Crippen molar-refractivity contribution in [3.8, 4) is 5.75 Å². The Labute approximate surface area is 154 Å². The molecule has 0 aromatic heterocycles. The maximum absolute atomic E-state index is 12.3. The summed E-state index contributed by atoms with van der Waals surface area (Å²) in [6.45, 7) is 0.382. The first-order valence-electron chi connectivity index (χ1n) is 6.43. The number of anilines is 1. The highest BCUT2D eigenvalue weighted by Crippen LogP contribution is 2.29. The Kier molecular flexibility index (Phi) is 9.35. The predicted octanol–water partition coefficient (Wildman–Crippen LogP) is 1.87. The first kappa shape index (κ1) is 22.7. The van der Waals surface area contributed by atoms with Gasteiger partial charge in [0.1, 0.15) is 0 Å². The number of para-hydroxylation sites is 2. The number of aliphatic imine (C=N–C) groups is 1. The van der Waals surface area contributed by atoms with Crippen molar-refractivity contribution in [1.29, 1.82) is 0 Å². The number of halogens is 4. The van der Waals surface area contributed by atoms with Gasteiger partial charge in [0.05, 0.1) is 11.9 Å². The maximum Gasteiger partial charge on any atom is 0.573 e. The molecule has 1 aromatic carbocycles. The fourth-order valence-electron chi connectivity index (χ4n) is 1.50. The highest BCUT2D eigenvalue weighted by Gasteiger charge is 2.32. The first-order valence-corrected chi connectivity index (χ1v) is 8.32. The topological polar surface area (TPSA) is 106 Å². The molecular formula is C12H18F3IN4O3S. The van der Waals surface area contributed by atoms with Gasteiger partial charge in [-0.15, -0.1) is 37.1 Å². The van der Waals surface area contributed by atoms with Gasteiger partial charge in [-0.1, -0.05) is 12.1 Å². The fourth-order valence-corrected chi connectivity index (χ4v) is 2.01. The van der Waals surface area contributed by atoms with Crippen LogP contribution in [0, 0.1) is 0 Å². The Balaban J connectivity index is 0.00000529. The van der Waals surface area contributed by atoms with Crippen LogP contribution in [0.1, 0.15) is 6.42 Å². The minimum absolute atomic E-state index is 0. The highest BCUT2D eigenvalue weighted by molar-refractivity contribution is 14.0. The Morgan fingerprint density at radius 2 is 1.96 bits per heavy atom. The van der Waals surface area contributed by atoms with Crippen LogP contribution in [-0.2, 0) is 10.0 Å². The van der Waals surface area contributed by atoms with Gasteiger partial charge < -0.3 is 15.8 Å². The Morgan fingerprint density at radius 1 is 1.33 bits per heavy atom. The zero-order chi connectivity index (χ0) is 17.5. The number of nitrogens with one attached hydrogen (secondary N) is 2. The van der Waals surface area contributed by atoms with E-state index in [1.54, 1.807) is 0 Å². The monoisotopic (exact) mass is 482 g/mol. The molecule has 1 rings (SSSR count). The molecule has 0 amide bonds. The summed E-state index contributed by atoms with van der Waals surface area (Å²) in [5.41, 5.74) is 5.58. The number of sulfonamides is 1. The van der Waals surface area contributed by atoms with Crippen molar-refractivity contribution in [2.24, 2.45) is 10.7 Å². The molecule has 1 aromatic rings. The highest BCUT2D eigenvalue weighted by atomic mass is 127.